The molecule has 0 spiro atoms. The Hall–Kier alpha value is -2.89. The monoisotopic (exact) mass is 589 g/mol. The van der Waals surface area contributed by atoms with Gasteiger partial charge in [0.2, 0.25) is 10.0 Å². The van der Waals surface area contributed by atoms with Gasteiger partial charge in [-0.3, -0.25) is 15.0 Å². The molecule has 0 atom stereocenters. The van der Waals surface area contributed by atoms with Crippen LogP contribution < -0.4 is 9.80 Å². The van der Waals surface area contributed by atoms with E-state index in [-0.39, 0.29) is 33.6 Å². The number of sulfonamides is 1. The molecule has 0 amide bonds. The molecule has 3 aromatic rings. The molecule has 2 aliphatic heterocycles. The van der Waals surface area contributed by atoms with Crippen molar-refractivity contribution in [3.05, 3.63) is 92.5 Å². The molecule has 0 saturated carbocycles. The second kappa shape index (κ2) is 11.7. The smallest absolute Gasteiger partial charge is 0.292 e. The minimum absolute atomic E-state index is 0.0797. The first kappa shape index (κ1) is 27.7. The van der Waals surface area contributed by atoms with Crippen molar-refractivity contribution in [3.63, 3.8) is 0 Å². The highest BCUT2D eigenvalue weighted by Crippen LogP contribution is 2.34. The summed E-state index contributed by atoms with van der Waals surface area (Å²) in [6.45, 7) is 5.33. The van der Waals surface area contributed by atoms with Crippen molar-refractivity contribution in [2.75, 3.05) is 62.2 Å². The van der Waals surface area contributed by atoms with Gasteiger partial charge >= 0.3 is 0 Å². The SMILES string of the molecule is O=[N+]([O-])c1ccc(N2CCN(S(=O)(=O)c3ccc(Cl)c(Cl)c3)CC2)cc1N1CCN(Cc2ccccc2)CC1. The highest BCUT2D eigenvalue weighted by atomic mass is 35.5. The normalized spacial score (nSPS) is 17.4. The van der Waals surface area contributed by atoms with Gasteiger partial charge in [-0.25, -0.2) is 8.42 Å². The first-order chi connectivity index (χ1) is 18.7. The molecule has 206 valence electrons. The second-order valence-electron chi connectivity index (χ2n) is 9.65. The summed E-state index contributed by atoms with van der Waals surface area (Å²) < 4.78 is 27.7. The van der Waals surface area contributed by atoms with Gasteiger partial charge in [-0.1, -0.05) is 53.5 Å². The van der Waals surface area contributed by atoms with Crippen molar-refractivity contribution in [2.24, 2.45) is 0 Å². The lowest BCUT2D eigenvalue weighted by Gasteiger charge is -2.37. The zero-order valence-electron chi connectivity index (χ0n) is 21.2. The Morgan fingerprint density at radius 3 is 2.08 bits per heavy atom. The topological polar surface area (TPSA) is 90.2 Å². The number of anilines is 2. The van der Waals surface area contributed by atoms with Gasteiger partial charge in [0.25, 0.3) is 5.69 Å². The number of nitrogens with zero attached hydrogens (tertiary/aromatic N) is 5. The van der Waals surface area contributed by atoms with Crippen molar-refractivity contribution < 1.29 is 13.3 Å². The van der Waals surface area contributed by atoms with Crippen LogP contribution in [0.5, 0.6) is 0 Å². The molecule has 0 bridgehead atoms. The van der Waals surface area contributed by atoms with Crippen LogP contribution in [0.25, 0.3) is 0 Å². The number of hydrogen-bond acceptors (Lipinski definition) is 7. The Morgan fingerprint density at radius 2 is 1.44 bits per heavy atom. The van der Waals surface area contributed by atoms with Gasteiger partial charge in [0, 0.05) is 70.7 Å². The minimum Gasteiger partial charge on any atom is -0.369 e. The van der Waals surface area contributed by atoms with Crippen LogP contribution in [-0.4, -0.2) is 74.9 Å². The number of piperazine rings is 2. The van der Waals surface area contributed by atoms with Crippen molar-refractivity contribution in [3.8, 4) is 0 Å². The molecule has 0 radical (unpaired) electrons. The van der Waals surface area contributed by atoms with Crippen LogP contribution in [0.15, 0.2) is 71.6 Å². The molecule has 2 fully saturated rings. The third kappa shape index (κ3) is 6.15. The fourth-order valence-corrected chi connectivity index (χ4v) is 6.89. The Bertz CT molecular complexity index is 1440. The summed E-state index contributed by atoms with van der Waals surface area (Å²) in [5, 5.41) is 12.3. The maximum atomic E-state index is 13.1. The Morgan fingerprint density at radius 1 is 0.769 bits per heavy atom. The van der Waals surface area contributed by atoms with Gasteiger partial charge in [-0.05, 0) is 35.9 Å². The highest BCUT2D eigenvalue weighted by molar-refractivity contribution is 7.89. The maximum absolute atomic E-state index is 13.1. The number of hydrogen-bond donors (Lipinski definition) is 0. The van der Waals surface area contributed by atoms with Crippen LogP contribution >= 0.6 is 23.2 Å². The average molecular weight is 591 g/mol. The number of nitro benzene ring substituents is 1. The third-order valence-corrected chi connectivity index (χ3v) is 9.88. The molecule has 12 heteroatoms. The first-order valence-corrected chi connectivity index (χ1v) is 14.9. The highest BCUT2D eigenvalue weighted by Gasteiger charge is 2.30. The van der Waals surface area contributed by atoms with E-state index in [2.05, 4.69) is 26.8 Å². The molecule has 9 nitrogen and oxygen atoms in total. The molecule has 2 saturated heterocycles. The van der Waals surface area contributed by atoms with Crippen molar-refractivity contribution >= 4 is 50.3 Å². The van der Waals surface area contributed by atoms with Gasteiger partial charge in [-0.2, -0.15) is 4.31 Å². The predicted molar refractivity (Wildman–Crippen MR) is 154 cm³/mol. The summed E-state index contributed by atoms with van der Waals surface area (Å²) in [5.74, 6) is 0. The summed E-state index contributed by atoms with van der Waals surface area (Å²) in [6, 6.07) is 19.8. The van der Waals surface area contributed by atoms with E-state index in [0.29, 0.717) is 36.9 Å². The number of halogens is 2. The molecule has 5 rings (SSSR count). The van der Waals surface area contributed by atoms with Gasteiger partial charge in [-0.15, -0.1) is 0 Å². The zero-order valence-corrected chi connectivity index (χ0v) is 23.6. The van der Waals surface area contributed by atoms with E-state index in [1.54, 1.807) is 12.1 Å². The molecular formula is C27H29Cl2N5O4S. The van der Waals surface area contributed by atoms with Gasteiger partial charge in [0.1, 0.15) is 5.69 Å². The maximum Gasteiger partial charge on any atom is 0.292 e. The van der Waals surface area contributed by atoms with Crippen LogP contribution in [0.4, 0.5) is 17.1 Å². The summed E-state index contributed by atoms with van der Waals surface area (Å²) in [4.78, 5) is 18.1. The molecule has 2 heterocycles. The predicted octanol–water partition coefficient (Wildman–Crippen LogP) is 4.73. The zero-order chi connectivity index (χ0) is 27.6. The lowest BCUT2D eigenvalue weighted by atomic mass is 10.1. The third-order valence-electron chi connectivity index (χ3n) is 7.25. The quantitative estimate of drug-likeness (QED) is 0.290. The summed E-state index contributed by atoms with van der Waals surface area (Å²) in [5.41, 5.74) is 2.77. The molecule has 2 aliphatic rings. The standard InChI is InChI=1S/C27H29Cl2N5O4S/c28-24-8-7-23(19-25(24)29)39(37,38)33-16-14-31(15-17-33)22-6-9-26(34(35)36)27(18-22)32-12-10-30(11-13-32)20-21-4-2-1-3-5-21/h1-9,18-19H,10-17,20H2. The summed E-state index contributed by atoms with van der Waals surface area (Å²) >= 11 is 12.0. The van der Waals surface area contributed by atoms with Gasteiger partial charge < -0.3 is 9.80 Å². The Balaban J connectivity index is 1.26. The van der Waals surface area contributed by atoms with Crippen LogP contribution in [0, 0.1) is 10.1 Å². The number of benzene rings is 3. The van der Waals surface area contributed by atoms with E-state index in [4.69, 9.17) is 23.2 Å². The lowest BCUT2D eigenvalue weighted by molar-refractivity contribution is -0.384. The minimum atomic E-state index is -3.72. The molecule has 0 aliphatic carbocycles. The second-order valence-corrected chi connectivity index (χ2v) is 12.4. The first-order valence-electron chi connectivity index (χ1n) is 12.7. The van der Waals surface area contributed by atoms with Crippen molar-refractivity contribution in [1.82, 2.24) is 9.21 Å². The number of rotatable bonds is 7. The molecule has 3 aromatic carbocycles. The molecule has 0 N–H and O–H groups in total. The summed E-state index contributed by atoms with van der Waals surface area (Å²) in [6.07, 6.45) is 0. The van der Waals surface area contributed by atoms with E-state index < -0.39 is 10.0 Å². The van der Waals surface area contributed by atoms with Gasteiger partial charge in [0.05, 0.1) is 19.9 Å². The lowest BCUT2D eigenvalue weighted by Crippen LogP contribution is -2.49. The fourth-order valence-electron chi connectivity index (χ4n) is 5.08. The van der Waals surface area contributed by atoms with Crippen LogP contribution in [0.3, 0.4) is 0 Å². The molecule has 0 aromatic heterocycles. The fraction of sp³-hybridized carbons (Fsp3) is 0.333. The largest absolute Gasteiger partial charge is 0.369 e. The van der Waals surface area contributed by atoms with Crippen LogP contribution in [0.1, 0.15) is 5.56 Å². The Kier molecular flexibility index (Phi) is 8.29. The van der Waals surface area contributed by atoms with E-state index >= 15 is 0 Å². The molecular weight excluding hydrogens is 561 g/mol. The summed E-state index contributed by atoms with van der Waals surface area (Å²) in [7, 11) is -3.72. The van der Waals surface area contributed by atoms with Crippen LogP contribution in [0.2, 0.25) is 10.0 Å². The number of nitro groups is 1. The molecule has 39 heavy (non-hydrogen) atoms. The van der Waals surface area contributed by atoms with E-state index in [1.165, 1.54) is 28.1 Å². The van der Waals surface area contributed by atoms with E-state index in [1.807, 2.05) is 24.3 Å². The van der Waals surface area contributed by atoms with Crippen molar-refractivity contribution in [2.45, 2.75) is 11.4 Å². The van der Waals surface area contributed by atoms with E-state index in [9.17, 15) is 18.5 Å². The average Bonchev–Trinajstić information content (AvgIpc) is 2.95. The molecule has 0 unspecified atom stereocenters. The van der Waals surface area contributed by atoms with E-state index in [0.717, 1.165) is 25.3 Å². The van der Waals surface area contributed by atoms with Crippen molar-refractivity contribution in [1.29, 1.82) is 0 Å². The Labute approximate surface area is 238 Å². The van der Waals surface area contributed by atoms with Crippen LogP contribution in [-0.2, 0) is 16.6 Å². The van der Waals surface area contributed by atoms with Gasteiger partial charge in [0.15, 0.2) is 0 Å².